The lowest BCUT2D eigenvalue weighted by Gasteiger charge is -2.04. The largest absolute Gasteiger partial charge is 0.376 e. The molecular formula is C15H17OP. The standard InChI is InChI=1S/C15H17OP/c1-3-7-14(8-4-1)13-16-11-12-17-15-9-5-2-6-10-15/h1-10,17H,11-13H2. The predicted molar refractivity (Wildman–Crippen MR) is 75.4 cm³/mol. The maximum Gasteiger partial charge on any atom is 0.0717 e. The summed E-state index contributed by atoms with van der Waals surface area (Å²) in [6.45, 7) is 1.56. The van der Waals surface area contributed by atoms with Crippen molar-refractivity contribution in [2.45, 2.75) is 6.61 Å². The number of hydrogen-bond acceptors (Lipinski definition) is 1. The van der Waals surface area contributed by atoms with Gasteiger partial charge in [0.2, 0.25) is 0 Å². The van der Waals surface area contributed by atoms with Gasteiger partial charge in [0.25, 0.3) is 0 Å². The molecule has 0 aliphatic heterocycles. The van der Waals surface area contributed by atoms with E-state index in [1.807, 2.05) is 18.2 Å². The van der Waals surface area contributed by atoms with Crippen LogP contribution in [0.1, 0.15) is 5.56 Å². The van der Waals surface area contributed by atoms with E-state index in [9.17, 15) is 0 Å². The molecule has 0 saturated carbocycles. The minimum Gasteiger partial charge on any atom is -0.376 e. The summed E-state index contributed by atoms with van der Waals surface area (Å²) in [5, 5.41) is 1.41. The van der Waals surface area contributed by atoms with E-state index >= 15 is 0 Å². The number of benzene rings is 2. The fraction of sp³-hybridized carbons (Fsp3) is 0.200. The van der Waals surface area contributed by atoms with Crippen molar-refractivity contribution in [3.8, 4) is 0 Å². The highest BCUT2D eigenvalue weighted by atomic mass is 31.1. The third-order valence-corrected chi connectivity index (χ3v) is 3.66. The molecule has 0 amide bonds. The summed E-state index contributed by atoms with van der Waals surface area (Å²) in [6, 6.07) is 20.9. The van der Waals surface area contributed by atoms with Crippen molar-refractivity contribution in [3.63, 3.8) is 0 Å². The summed E-state index contributed by atoms with van der Waals surface area (Å²) in [6.07, 6.45) is 1.11. The van der Waals surface area contributed by atoms with Gasteiger partial charge in [-0.15, -0.1) is 0 Å². The zero-order chi connectivity index (χ0) is 11.8. The second-order valence-electron chi connectivity index (χ2n) is 3.83. The van der Waals surface area contributed by atoms with Gasteiger partial charge in [-0.2, -0.15) is 0 Å². The van der Waals surface area contributed by atoms with E-state index in [1.54, 1.807) is 0 Å². The first-order chi connectivity index (χ1) is 8.45. The normalized spacial score (nSPS) is 11.1. The molecular weight excluding hydrogens is 227 g/mol. The highest BCUT2D eigenvalue weighted by Gasteiger charge is 1.93. The second-order valence-corrected chi connectivity index (χ2v) is 5.26. The molecule has 0 bridgehead atoms. The van der Waals surface area contributed by atoms with Gasteiger partial charge in [0.05, 0.1) is 13.2 Å². The quantitative estimate of drug-likeness (QED) is 0.560. The van der Waals surface area contributed by atoms with Crippen molar-refractivity contribution in [1.82, 2.24) is 0 Å². The molecule has 0 saturated heterocycles. The fourth-order valence-electron chi connectivity index (χ4n) is 1.59. The van der Waals surface area contributed by atoms with Crippen LogP contribution in [0, 0.1) is 0 Å². The smallest absolute Gasteiger partial charge is 0.0717 e. The van der Waals surface area contributed by atoms with Gasteiger partial charge < -0.3 is 4.74 Å². The molecule has 0 fully saturated rings. The summed E-state index contributed by atoms with van der Waals surface area (Å²) in [5.74, 6) is 0. The highest BCUT2D eigenvalue weighted by molar-refractivity contribution is 7.47. The lowest BCUT2D eigenvalue weighted by atomic mass is 10.2. The zero-order valence-corrected chi connectivity index (χ0v) is 10.8. The van der Waals surface area contributed by atoms with Gasteiger partial charge in [-0.25, -0.2) is 0 Å². The van der Waals surface area contributed by atoms with Gasteiger partial charge in [-0.3, -0.25) is 0 Å². The van der Waals surface area contributed by atoms with Crippen molar-refractivity contribution < 1.29 is 4.74 Å². The Morgan fingerprint density at radius 1 is 0.824 bits per heavy atom. The van der Waals surface area contributed by atoms with Crippen LogP contribution in [-0.2, 0) is 11.3 Å². The van der Waals surface area contributed by atoms with Crippen LogP contribution in [0.25, 0.3) is 0 Å². The monoisotopic (exact) mass is 244 g/mol. The lowest BCUT2D eigenvalue weighted by Crippen LogP contribution is -2.00. The third kappa shape index (κ3) is 4.68. The summed E-state index contributed by atoms with van der Waals surface area (Å²) in [5.41, 5.74) is 1.25. The Hall–Kier alpha value is -1.17. The van der Waals surface area contributed by atoms with Crippen LogP contribution in [0.2, 0.25) is 0 Å². The molecule has 88 valence electrons. The van der Waals surface area contributed by atoms with E-state index in [-0.39, 0.29) is 0 Å². The van der Waals surface area contributed by atoms with Crippen molar-refractivity contribution in [2.24, 2.45) is 0 Å². The molecule has 2 aromatic rings. The van der Waals surface area contributed by atoms with Crippen molar-refractivity contribution >= 4 is 13.9 Å². The topological polar surface area (TPSA) is 9.23 Å². The number of ether oxygens (including phenoxy) is 1. The maximum atomic E-state index is 5.65. The van der Waals surface area contributed by atoms with Crippen LogP contribution in [0.4, 0.5) is 0 Å². The number of hydrogen-bond donors (Lipinski definition) is 0. The molecule has 0 aliphatic rings. The van der Waals surface area contributed by atoms with Gasteiger partial charge in [0.1, 0.15) is 0 Å². The molecule has 2 rings (SSSR count). The van der Waals surface area contributed by atoms with Crippen LogP contribution in [0.5, 0.6) is 0 Å². The maximum absolute atomic E-state index is 5.65. The van der Waals surface area contributed by atoms with E-state index in [0.29, 0.717) is 0 Å². The minimum absolute atomic E-state index is 0.722. The summed E-state index contributed by atoms with van der Waals surface area (Å²) in [7, 11) is 0.847. The van der Waals surface area contributed by atoms with Gasteiger partial charge >= 0.3 is 0 Å². The Bertz CT molecular complexity index is 372. The van der Waals surface area contributed by atoms with E-state index in [2.05, 4.69) is 42.5 Å². The third-order valence-electron chi connectivity index (χ3n) is 2.46. The molecule has 0 heterocycles. The molecule has 1 nitrogen and oxygen atoms in total. The molecule has 2 aromatic carbocycles. The molecule has 1 unspecified atom stereocenters. The summed E-state index contributed by atoms with van der Waals surface area (Å²) in [4.78, 5) is 0. The molecule has 0 aliphatic carbocycles. The Morgan fingerprint density at radius 3 is 2.18 bits per heavy atom. The van der Waals surface area contributed by atoms with Crippen LogP contribution >= 0.6 is 8.58 Å². The SMILES string of the molecule is c1ccc(COCCPc2ccccc2)cc1. The predicted octanol–water partition coefficient (Wildman–Crippen LogP) is 3.21. The van der Waals surface area contributed by atoms with Crippen LogP contribution < -0.4 is 5.30 Å². The fourth-order valence-corrected chi connectivity index (χ4v) is 2.55. The molecule has 17 heavy (non-hydrogen) atoms. The van der Waals surface area contributed by atoms with E-state index < -0.39 is 0 Å². The van der Waals surface area contributed by atoms with Gasteiger partial charge in [0, 0.05) is 0 Å². The van der Waals surface area contributed by atoms with Gasteiger partial charge in [-0.05, 0) is 17.0 Å². The van der Waals surface area contributed by atoms with E-state index in [4.69, 9.17) is 4.74 Å². The average molecular weight is 244 g/mol. The Morgan fingerprint density at radius 2 is 1.47 bits per heavy atom. The molecule has 1 atom stereocenters. The number of rotatable bonds is 6. The van der Waals surface area contributed by atoms with Crippen LogP contribution in [0.15, 0.2) is 60.7 Å². The molecule has 0 aromatic heterocycles. The van der Waals surface area contributed by atoms with Crippen LogP contribution in [-0.4, -0.2) is 12.8 Å². The first kappa shape index (κ1) is 12.3. The average Bonchev–Trinajstić information content (AvgIpc) is 2.41. The summed E-state index contributed by atoms with van der Waals surface area (Å²) < 4.78 is 5.65. The highest BCUT2D eigenvalue weighted by Crippen LogP contribution is 2.09. The van der Waals surface area contributed by atoms with Crippen molar-refractivity contribution in [2.75, 3.05) is 12.8 Å². The Balaban J connectivity index is 1.61. The first-order valence-corrected chi connectivity index (χ1v) is 7.06. The van der Waals surface area contributed by atoms with E-state index in [0.717, 1.165) is 28.0 Å². The van der Waals surface area contributed by atoms with Gasteiger partial charge in [0.15, 0.2) is 0 Å². The lowest BCUT2D eigenvalue weighted by molar-refractivity contribution is 0.136. The zero-order valence-electron chi connectivity index (χ0n) is 9.80. The van der Waals surface area contributed by atoms with Gasteiger partial charge in [-0.1, -0.05) is 69.2 Å². The summed E-state index contributed by atoms with van der Waals surface area (Å²) >= 11 is 0. The van der Waals surface area contributed by atoms with Crippen molar-refractivity contribution in [3.05, 3.63) is 66.2 Å². The minimum atomic E-state index is 0.722. The second kappa shape index (κ2) is 7.21. The first-order valence-electron chi connectivity index (χ1n) is 5.86. The van der Waals surface area contributed by atoms with Crippen molar-refractivity contribution in [1.29, 1.82) is 0 Å². The van der Waals surface area contributed by atoms with E-state index in [1.165, 1.54) is 10.9 Å². The molecule has 0 spiro atoms. The Kier molecular flexibility index (Phi) is 5.22. The molecule has 0 N–H and O–H groups in total. The Labute approximate surface area is 105 Å². The molecule has 0 radical (unpaired) electrons. The molecule has 2 heteroatoms. The van der Waals surface area contributed by atoms with Crippen LogP contribution in [0.3, 0.4) is 0 Å².